The molecule has 1 amide bonds. The second-order valence-electron chi connectivity index (χ2n) is 5.83. The van der Waals surface area contributed by atoms with Crippen molar-refractivity contribution in [2.45, 2.75) is 9.79 Å². The first kappa shape index (κ1) is 18.4. The Hall–Kier alpha value is -3.38. The van der Waals surface area contributed by atoms with Crippen LogP contribution in [0.3, 0.4) is 0 Å². The van der Waals surface area contributed by atoms with E-state index in [1.165, 1.54) is 30.3 Å². The Morgan fingerprint density at radius 1 is 0.815 bits per heavy atom. The van der Waals surface area contributed by atoms with Crippen molar-refractivity contribution in [3.05, 3.63) is 90.5 Å². The highest BCUT2D eigenvalue weighted by molar-refractivity contribution is 7.91. The minimum Gasteiger partial charge on any atom is -0.399 e. The molecule has 6 heteroatoms. The Morgan fingerprint density at radius 2 is 1.37 bits per heavy atom. The van der Waals surface area contributed by atoms with Crippen LogP contribution < -0.4 is 11.1 Å². The average molecular weight is 378 g/mol. The number of amides is 1. The molecule has 5 nitrogen and oxygen atoms in total. The van der Waals surface area contributed by atoms with Crippen molar-refractivity contribution in [1.29, 1.82) is 0 Å². The van der Waals surface area contributed by atoms with Crippen molar-refractivity contribution in [2.75, 3.05) is 11.1 Å². The van der Waals surface area contributed by atoms with E-state index in [0.29, 0.717) is 11.4 Å². The van der Waals surface area contributed by atoms with E-state index in [1.54, 1.807) is 30.3 Å². The molecule has 3 N–H and O–H groups in total. The van der Waals surface area contributed by atoms with Gasteiger partial charge in [0.25, 0.3) is 0 Å². The SMILES string of the molecule is Nc1ccc(S(=O)(=O)c2ccc(NC(=O)C=Cc3ccccc3)cc2)cc1. The number of sulfone groups is 1. The van der Waals surface area contributed by atoms with Crippen LogP contribution in [0.2, 0.25) is 0 Å². The Labute approximate surface area is 158 Å². The molecular weight excluding hydrogens is 360 g/mol. The number of nitrogens with two attached hydrogens (primary N) is 1. The summed E-state index contributed by atoms with van der Waals surface area (Å²) in [6.45, 7) is 0. The molecular formula is C21H18N2O3S. The third kappa shape index (κ3) is 4.62. The second-order valence-corrected chi connectivity index (χ2v) is 7.78. The minimum absolute atomic E-state index is 0.144. The molecule has 0 saturated heterocycles. The summed E-state index contributed by atoms with van der Waals surface area (Å²) in [5.41, 5.74) is 7.51. The van der Waals surface area contributed by atoms with E-state index in [0.717, 1.165) is 5.56 Å². The van der Waals surface area contributed by atoms with Crippen LogP contribution in [-0.4, -0.2) is 14.3 Å². The fourth-order valence-corrected chi connectivity index (χ4v) is 3.68. The van der Waals surface area contributed by atoms with Gasteiger partial charge in [-0.1, -0.05) is 30.3 Å². The van der Waals surface area contributed by atoms with Gasteiger partial charge in [-0.05, 0) is 60.2 Å². The highest BCUT2D eigenvalue weighted by Crippen LogP contribution is 2.23. The normalized spacial score (nSPS) is 11.4. The van der Waals surface area contributed by atoms with Gasteiger partial charge >= 0.3 is 0 Å². The molecule has 0 aliphatic rings. The summed E-state index contributed by atoms with van der Waals surface area (Å²) in [6, 6.07) is 21.5. The number of nitrogen functional groups attached to an aromatic ring is 1. The molecule has 27 heavy (non-hydrogen) atoms. The highest BCUT2D eigenvalue weighted by atomic mass is 32.2. The summed E-state index contributed by atoms with van der Waals surface area (Å²) < 4.78 is 25.2. The van der Waals surface area contributed by atoms with Gasteiger partial charge in [-0.25, -0.2) is 8.42 Å². The Morgan fingerprint density at radius 3 is 1.96 bits per heavy atom. The summed E-state index contributed by atoms with van der Waals surface area (Å²) in [4.78, 5) is 12.3. The quantitative estimate of drug-likeness (QED) is 0.523. The first-order valence-electron chi connectivity index (χ1n) is 8.20. The third-order valence-electron chi connectivity index (χ3n) is 3.85. The van der Waals surface area contributed by atoms with E-state index < -0.39 is 9.84 Å². The van der Waals surface area contributed by atoms with Crippen LogP contribution in [0.4, 0.5) is 11.4 Å². The molecule has 0 radical (unpaired) electrons. The fraction of sp³-hybridized carbons (Fsp3) is 0. The number of nitrogens with one attached hydrogen (secondary N) is 1. The highest BCUT2D eigenvalue weighted by Gasteiger charge is 2.17. The van der Waals surface area contributed by atoms with Crippen LogP contribution in [-0.2, 0) is 14.6 Å². The minimum atomic E-state index is -3.63. The van der Waals surface area contributed by atoms with Crippen molar-refractivity contribution in [1.82, 2.24) is 0 Å². The van der Waals surface area contributed by atoms with Gasteiger partial charge in [-0.15, -0.1) is 0 Å². The van der Waals surface area contributed by atoms with E-state index in [2.05, 4.69) is 5.32 Å². The first-order valence-corrected chi connectivity index (χ1v) is 9.68. The number of hydrogen-bond acceptors (Lipinski definition) is 4. The van der Waals surface area contributed by atoms with Crippen molar-refractivity contribution >= 4 is 33.2 Å². The maximum absolute atomic E-state index is 12.6. The zero-order valence-electron chi connectivity index (χ0n) is 14.4. The van der Waals surface area contributed by atoms with Crippen molar-refractivity contribution in [3.63, 3.8) is 0 Å². The third-order valence-corrected chi connectivity index (χ3v) is 5.63. The molecule has 0 unspecified atom stereocenters. The van der Waals surface area contributed by atoms with Gasteiger partial charge in [-0.3, -0.25) is 4.79 Å². The molecule has 136 valence electrons. The number of hydrogen-bond donors (Lipinski definition) is 2. The topological polar surface area (TPSA) is 89.3 Å². The lowest BCUT2D eigenvalue weighted by Gasteiger charge is -2.07. The lowest BCUT2D eigenvalue weighted by Crippen LogP contribution is -2.08. The number of rotatable bonds is 5. The van der Waals surface area contributed by atoms with Crippen molar-refractivity contribution in [3.8, 4) is 0 Å². The van der Waals surface area contributed by atoms with Crippen molar-refractivity contribution < 1.29 is 13.2 Å². The van der Waals surface area contributed by atoms with E-state index in [-0.39, 0.29) is 15.7 Å². The maximum Gasteiger partial charge on any atom is 0.248 e. The van der Waals surface area contributed by atoms with Crippen LogP contribution >= 0.6 is 0 Å². The Bertz CT molecular complexity index is 1060. The molecule has 3 aromatic carbocycles. The average Bonchev–Trinajstić information content (AvgIpc) is 2.68. The molecule has 3 rings (SSSR count). The van der Waals surface area contributed by atoms with Gasteiger partial charge in [0.05, 0.1) is 9.79 Å². The summed E-state index contributed by atoms with van der Waals surface area (Å²) in [5.74, 6) is -0.298. The van der Waals surface area contributed by atoms with Gasteiger partial charge in [0.15, 0.2) is 0 Å². The van der Waals surface area contributed by atoms with Crippen LogP contribution in [0.25, 0.3) is 6.08 Å². The van der Waals surface area contributed by atoms with Crippen LogP contribution in [0.15, 0.2) is 94.7 Å². The molecule has 0 bridgehead atoms. The lowest BCUT2D eigenvalue weighted by molar-refractivity contribution is -0.111. The molecule has 0 fully saturated rings. The fourth-order valence-electron chi connectivity index (χ4n) is 2.42. The van der Waals surface area contributed by atoms with Crippen LogP contribution in [0.5, 0.6) is 0 Å². The Balaban J connectivity index is 1.70. The summed E-state index contributed by atoms with van der Waals surface area (Å²) in [6.07, 6.45) is 3.13. The monoisotopic (exact) mass is 378 g/mol. The smallest absolute Gasteiger partial charge is 0.248 e. The molecule has 0 spiro atoms. The first-order chi connectivity index (χ1) is 12.9. The number of carbonyl (C=O) groups is 1. The molecule has 0 atom stereocenters. The predicted octanol–water partition coefficient (Wildman–Crippen LogP) is 3.75. The Kier molecular flexibility index (Phi) is 5.38. The van der Waals surface area contributed by atoms with E-state index >= 15 is 0 Å². The molecule has 0 heterocycles. The number of carbonyl (C=O) groups excluding carboxylic acids is 1. The van der Waals surface area contributed by atoms with Crippen LogP contribution in [0.1, 0.15) is 5.56 Å². The maximum atomic E-state index is 12.6. The second kappa shape index (κ2) is 7.88. The number of anilines is 2. The molecule has 0 aromatic heterocycles. The largest absolute Gasteiger partial charge is 0.399 e. The molecule has 0 saturated carbocycles. The summed E-state index contributed by atoms with van der Waals surface area (Å²) in [7, 11) is -3.63. The van der Waals surface area contributed by atoms with Gasteiger partial charge in [0.2, 0.25) is 15.7 Å². The number of benzene rings is 3. The van der Waals surface area contributed by atoms with Gasteiger partial charge in [0, 0.05) is 17.5 Å². The van der Waals surface area contributed by atoms with E-state index in [1.807, 2.05) is 30.3 Å². The summed E-state index contributed by atoms with van der Waals surface area (Å²) in [5, 5.41) is 2.70. The molecule has 0 aliphatic heterocycles. The zero-order valence-corrected chi connectivity index (χ0v) is 15.2. The molecule has 0 aliphatic carbocycles. The predicted molar refractivity (Wildman–Crippen MR) is 107 cm³/mol. The van der Waals surface area contributed by atoms with E-state index in [4.69, 9.17) is 5.73 Å². The standard InChI is InChI=1S/C21H18N2O3S/c22-17-7-11-19(12-8-17)27(25,26)20-13-9-18(10-14-20)23-21(24)15-6-16-4-2-1-3-5-16/h1-15H,22H2,(H,23,24). The van der Waals surface area contributed by atoms with E-state index in [9.17, 15) is 13.2 Å². The van der Waals surface area contributed by atoms with Gasteiger partial charge in [-0.2, -0.15) is 0 Å². The van der Waals surface area contributed by atoms with Gasteiger partial charge in [0.1, 0.15) is 0 Å². The summed E-state index contributed by atoms with van der Waals surface area (Å²) >= 11 is 0. The van der Waals surface area contributed by atoms with Crippen molar-refractivity contribution in [2.24, 2.45) is 0 Å². The van der Waals surface area contributed by atoms with Gasteiger partial charge < -0.3 is 11.1 Å². The molecule has 3 aromatic rings. The lowest BCUT2D eigenvalue weighted by atomic mass is 10.2. The zero-order chi connectivity index (χ0) is 19.3. The van der Waals surface area contributed by atoms with Crippen LogP contribution in [0, 0.1) is 0 Å².